The van der Waals surface area contributed by atoms with E-state index in [9.17, 15) is 23.1 Å². The summed E-state index contributed by atoms with van der Waals surface area (Å²) < 4.78 is 28.2. The molecule has 196 valence electrons. The summed E-state index contributed by atoms with van der Waals surface area (Å²) in [7, 11) is -4.02. The first-order valence-electron chi connectivity index (χ1n) is 12.2. The van der Waals surface area contributed by atoms with E-state index in [0.717, 1.165) is 59.3 Å². The molecule has 1 unspecified atom stereocenters. The van der Waals surface area contributed by atoms with Gasteiger partial charge in [0.2, 0.25) is 15.9 Å². The molecule has 1 aromatic heterocycles. The number of sulfonamides is 1. The van der Waals surface area contributed by atoms with Crippen LogP contribution in [0, 0.1) is 0 Å². The van der Waals surface area contributed by atoms with Crippen LogP contribution in [0.3, 0.4) is 0 Å². The molecule has 0 spiro atoms. The molecule has 2 heterocycles. The van der Waals surface area contributed by atoms with Crippen molar-refractivity contribution < 1.29 is 23.1 Å². The van der Waals surface area contributed by atoms with Gasteiger partial charge in [0.05, 0.1) is 4.90 Å². The van der Waals surface area contributed by atoms with Crippen molar-refractivity contribution in [1.29, 1.82) is 0 Å². The summed E-state index contributed by atoms with van der Waals surface area (Å²) in [5, 5.41) is 17.2. The fourth-order valence-electron chi connectivity index (χ4n) is 4.03. The second kappa shape index (κ2) is 12.3. The maximum Gasteiger partial charge on any atom is 0.322 e. The average Bonchev–Trinajstić information content (AvgIpc) is 3.33. The summed E-state index contributed by atoms with van der Waals surface area (Å²) in [6, 6.07) is 14.6. The SMILES string of the molecule is O=C(CCCCc1ccc(CC(NS(=O)(=O)c2ccc3ccccc3c2)C(=O)O)s1)NC1=NCCCN1. The number of unbranched alkanes of at least 4 members (excludes halogenated alkanes) is 1. The fourth-order valence-corrected chi connectivity index (χ4v) is 6.36. The quantitative estimate of drug-likeness (QED) is 0.275. The minimum Gasteiger partial charge on any atom is -0.480 e. The number of thiophene rings is 1. The Bertz CT molecular complexity index is 1400. The lowest BCUT2D eigenvalue weighted by molar-refractivity contribution is -0.138. The third kappa shape index (κ3) is 7.61. The molecule has 0 bridgehead atoms. The largest absolute Gasteiger partial charge is 0.480 e. The van der Waals surface area contributed by atoms with Gasteiger partial charge in [0, 0.05) is 35.7 Å². The lowest BCUT2D eigenvalue weighted by Crippen LogP contribution is -2.43. The van der Waals surface area contributed by atoms with E-state index in [-0.39, 0.29) is 17.2 Å². The zero-order valence-corrected chi connectivity index (χ0v) is 21.9. The number of nitrogens with zero attached hydrogens (tertiary/aromatic N) is 1. The van der Waals surface area contributed by atoms with Crippen LogP contribution >= 0.6 is 11.3 Å². The number of hydrogen-bond acceptors (Lipinski definition) is 7. The molecule has 4 rings (SSSR count). The molecular weight excluding hydrogens is 512 g/mol. The number of benzene rings is 2. The first-order chi connectivity index (χ1) is 17.8. The van der Waals surface area contributed by atoms with Gasteiger partial charge in [0.1, 0.15) is 6.04 Å². The maximum atomic E-state index is 12.9. The van der Waals surface area contributed by atoms with Gasteiger partial charge in [-0.05, 0) is 60.7 Å². The van der Waals surface area contributed by atoms with Crippen LogP contribution in [-0.2, 0) is 32.5 Å². The molecule has 0 aliphatic carbocycles. The molecule has 9 nitrogen and oxygen atoms in total. The number of fused-ring (bicyclic) bond motifs is 1. The molecule has 0 saturated carbocycles. The van der Waals surface area contributed by atoms with Gasteiger partial charge in [-0.25, -0.2) is 8.42 Å². The standard InChI is InChI=1S/C26H30N4O5S2/c31-24(29-26-27-14-5-15-28-26)9-4-3-8-20-11-12-21(36-20)17-23(25(32)33)30-37(34,35)22-13-10-18-6-1-2-7-19(18)16-22/h1-2,6-7,10-13,16,23,30H,3-5,8-9,14-15,17H2,(H,32,33)(H2,27,28,29,31). The number of rotatable bonds is 11. The monoisotopic (exact) mass is 542 g/mol. The number of carboxylic acids is 1. The number of carbonyl (C=O) groups excluding carboxylic acids is 1. The van der Waals surface area contributed by atoms with Gasteiger partial charge in [-0.1, -0.05) is 30.3 Å². The third-order valence-corrected chi connectivity index (χ3v) is 8.62. The van der Waals surface area contributed by atoms with E-state index in [1.807, 2.05) is 36.4 Å². The van der Waals surface area contributed by atoms with Crippen LogP contribution in [0.15, 0.2) is 64.5 Å². The first kappa shape index (κ1) is 26.8. The van der Waals surface area contributed by atoms with Crippen molar-refractivity contribution in [3.63, 3.8) is 0 Å². The van der Waals surface area contributed by atoms with Gasteiger partial charge in [0.15, 0.2) is 5.96 Å². The van der Waals surface area contributed by atoms with E-state index in [1.165, 1.54) is 17.4 Å². The van der Waals surface area contributed by atoms with E-state index < -0.39 is 22.0 Å². The van der Waals surface area contributed by atoms with Crippen molar-refractivity contribution >= 4 is 50.0 Å². The highest BCUT2D eigenvalue weighted by molar-refractivity contribution is 7.89. The van der Waals surface area contributed by atoms with Gasteiger partial charge < -0.3 is 10.4 Å². The Hall–Kier alpha value is -3.28. The highest BCUT2D eigenvalue weighted by Gasteiger charge is 2.26. The Labute approximate surface area is 220 Å². The minimum absolute atomic E-state index is 0.0275. The molecule has 0 fully saturated rings. The molecule has 0 saturated heterocycles. The summed E-state index contributed by atoms with van der Waals surface area (Å²) in [5.74, 6) is -0.756. The van der Waals surface area contributed by atoms with E-state index in [1.54, 1.807) is 12.1 Å². The number of nitrogens with one attached hydrogen (secondary N) is 3. The minimum atomic E-state index is -4.02. The number of aryl methyl sites for hydroxylation is 1. The van der Waals surface area contributed by atoms with Crippen LogP contribution in [0.5, 0.6) is 0 Å². The van der Waals surface area contributed by atoms with Gasteiger partial charge in [-0.3, -0.25) is 19.9 Å². The Kier molecular flexibility index (Phi) is 8.91. The van der Waals surface area contributed by atoms with Crippen LogP contribution < -0.4 is 15.4 Å². The van der Waals surface area contributed by atoms with E-state index >= 15 is 0 Å². The number of carboxylic acid groups (broad SMARTS) is 1. The second-order valence-corrected chi connectivity index (χ2v) is 11.8. The Morgan fingerprint density at radius 3 is 2.59 bits per heavy atom. The van der Waals surface area contributed by atoms with Gasteiger partial charge in [0.25, 0.3) is 0 Å². The van der Waals surface area contributed by atoms with Crippen LogP contribution in [0.4, 0.5) is 0 Å². The zero-order valence-electron chi connectivity index (χ0n) is 20.3. The molecule has 1 aliphatic heterocycles. The zero-order chi connectivity index (χ0) is 26.3. The van der Waals surface area contributed by atoms with E-state index in [2.05, 4.69) is 20.3 Å². The van der Waals surface area contributed by atoms with Crippen molar-refractivity contribution in [2.24, 2.45) is 4.99 Å². The third-order valence-electron chi connectivity index (χ3n) is 5.98. The fraction of sp³-hybridized carbons (Fsp3) is 0.346. The summed E-state index contributed by atoms with van der Waals surface area (Å²) in [5.41, 5.74) is 0. The normalized spacial score (nSPS) is 14.5. The Balaban J connectivity index is 1.28. The van der Waals surface area contributed by atoms with E-state index in [4.69, 9.17) is 0 Å². The second-order valence-electron chi connectivity index (χ2n) is 8.86. The molecule has 0 radical (unpaired) electrons. The van der Waals surface area contributed by atoms with Crippen molar-refractivity contribution in [3.8, 4) is 0 Å². The van der Waals surface area contributed by atoms with Gasteiger partial charge >= 0.3 is 5.97 Å². The van der Waals surface area contributed by atoms with Gasteiger partial charge in [-0.2, -0.15) is 4.72 Å². The number of amides is 1. The van der Waals surface area contributed by atoms with Crippen molar-refractivity contribution in [2.75, 3.05) is 13.1 Å². The summed E-state index contributed by atoms with van der Waals surface area (Å²) in [6.45, 7) is 1.53. The average molecular weight is 543 g/mol. The molecule has 37 heavy (non-hydrogen) atoms. The van der Waals surface area contributed by atoms with Crippen LogP contribution in [0.25, 0.3) is 10.8 Å². The number of carbonyl (C=O) groups is 2. The molecule has 1 aliphatic rings. The molecule has 3 aromatic rings. The first-order valence-corrected chi connectivity index (χ1v) is 14.5. The highest BCUT2D eigenvalue weighted by atomic mass is 32.2. The Morgan fingerprint density at radius 2 is 1.84 bits per heavy atom. The lowest BCUT2D eigenvalue weighted by Gasteiger charge is -2.15. The van der Waals surface area contributed by atoms with Crippen LogP contribution in [-0.4, -0.2) is 50.5 Å². The van der Waals surface area contributed by atoms with Gasteiger partial charge in [-0.15, -0.1) is 11.3 Å². The summed E-state index contributed by atoms with van der Waals surface area (Å²) >= 11 is 1.46. The number of guanidine groups is 1. The molecular formula is C26H30N4O5S2. The number of hydrogen-bond donors (Lipinski definition) is 4. The molecule has 1 amide bonds. The molecule has 1 atom stereocenters. The number of aliphatic imine (C=N–C) groups is 1. The lowest BCUT2D eigenvalue weighted by atomic mass is 10.1. The van der Waals surface area contributed by atoms with E-state index in [0.29, 0.717) is 12.4 Å². The van der Waals surface area contributed by atoms with Crippen LogP contribution in [0.1, 0.15) is 35.4 Å². The molecule has 4 N–H and O–H groups in total. The smallest absolute Gasteiger partial charge is 0.322 e. The van der Waals surface area contributed by atoms with Crippen molar-refractivity contribution in [3.05, 3.63) is 64.4 Å². The van der Waals surface area contributed by atoms with Crippen LogP contribution in [0.2, 0.25) is 0 Å². The topological polar surface area (TPSA) is 137 Å². The Morgan fingerprint density at radius 1 is 1.05 bits per heavy atom. The highest BCUT2D eigenvalue weighted by Crippen LogP contribution is 2.22. The van der Waals surface area contributed by atoms with Crippen molar-refractivity contribution in [2.45, 2.75) is 49.5 Å². The summed E-state index contributed by atoms with van der Waals surface area (Å²) in [6.07, 6.45) is 3.70. The summed E-state index contributed by atoms with van der Waals surface area (Å²) in [4.78, 5) is 30.0. The maximum absolute atomic E-state index is 12.9. The van der Waals surface area contributed by atoms with Crippen molar-refractivity contribution in [1.82, 2.24) is 15.4 Å². The predicted molar refractivity (Wildman–Crippen MR) is 144 cm³/mol. The number of aliphatic carboxylic acids is 1. The molecule has 2 aromatic carbocycles. The predicted octanol–water partition coefficient (Wildman–Crippen LogP) is 3.05. The molecule has 11 heteroatoms.